The zero-order valence-electron chi connectivity index (χ0n) is 16.0. The molecule has 1 N–H and O–H groups in total. The molecule has 0 spiro atoms. The molecule has 1 aliphatic heterocycles. The van der Waals surface area contributed by atoms with Gasteiger partial charge in [-0.15, -0.1) is 0 Å². The molecule has 2 aliphatic rings. The van der Waals surface area contributed by atoms with E-state index in [-0.39, 0.29) is 12.1 Å². The SMILES string of the molecule is CNC[C@@H]1CC[C@@]2(C(=O)OC)CCc3ccccc3[C@@]2(c2ccccc2)O1. The molecule has 3 atom stereocenters. The first-order chi connectivity index (χ1) is 13.2. The molecule has 1 fully saturated rings. The van der Waals surface area contributed by atoms with Crippen LogP contribution in [0, 0.1) is 5.41 Å². The number of methoxy groups -OCH3 is 1. The Kier molecular flexibility index (Phi) is 4.79. The van der Waals surface area contributed by atoms with Crippen LogP contribution in [0.25, 0.3) is 0 Å². The topological polar surface area (TPSA) is 47.6 Å². The number of benzene rings is 2. The van der Waals surface area contributed by atoms with Gasteiger partial charge in [0.05, 0.1) is 13.2 Å². The molecule has 27 heavy (non-hydrogen) atoms. The molecule has 0 radical (unpaired) electrons. The molecule has 1 aliphatic carbocycles. The van der Waals surface area contributed by atoms with Crippen LogP contribution in [-0.2, 0) is 26.3 Å². The minimum Gasteiger partial charge on any atom is -0.468 e. The third kappa shape index (κ3) is 2.62. The summed E-state index contributed by atoms with van der Waals surface area (Å²) in [6.07, 6.45) is 3.24. The Morgan fingerprint density at radius 3 is 2.63 bits per heavy atom. The Balaban J connectivity index is 2.00. The van der Waals surface area contributed by atoms with Gasteiger partial charge < -0.3 is 14.8 Å². The lowest BCUT2D eigenvalue weighted by Crippen LogP contribution is -2.61. The van der Waals surface area contributed by atoms with Crippen molar-refractivity contribution < 1.29 is 14.3 Å². The molecule has 1 saturated heterocycles. The highest BCUT2D eigenvalue weighted by molar-refractivity contribution is 5.81. The van der Waals surface area contributed by atoms with Gasteiger partial charge in [-0.1, -0.05) is 54.6 Å². The van der Waals surface area contributed by atoms with Gasteiger partial charge in [-0.3, -0.25) is 4.79 Å². The number of nitrogens with one attached hydrogen (secondary N) is 1. The van der Waals surface area contributed by atoms with Gasteiger partial charge in [-0.25, -0.2) is 0 Å². The third-order valence-electron chi connectivity index (χ3n) is 6.32. The molecule has 1 heterocycles. The summed E-state index contributed by atoms with van der Waals surface area (Å²) in [4.78, 5) is 13.3. The molecular formula is C23H27NO3. The number of aryl methyl sites for hydroxylation is 1. The average molecular weight is 365 g/mol. The zero-order valence-corrected chi connectivity index (χ0v) is 16.0. The highest BCUT2D eigenvalue weighted by atomic mass is 16.5. The van der Waals surface area contributed by atoms with Crippen LogP contribution in [0.1, 0.15) is 36.0 Å². The van der Waals surface area contributed by atoms with E-state index in [1.807, 2.05) is 31.3 Å². The predicted octanol–water partition coefficient (Wildman–Crippen LogP) is 3.43. The Morgan fingerprint density at radius 2 is 1.89 bits per heavy atom. The molecule has 4 rings (SSSR count). The summed E-state index contributed by atoms with van der Waals surface area (Å²) in [7, 11) is 3.43. The zero-order chi connectivity index (χ0) is 18.9. The van der Waals surface area contributed by atoms with Crippen molar-refractivity contribution in [3.8, 4) is 0 Å². The molecule has 2 aromatic rings. The van der Waals surface area contributed by atoms with Gasteiger partial charge in [0.2, 0.25) is 0 Å². The van der Waals surface area contributed by atoms with Gasteiger partial charge in [0.1, 0.15) is 11.0 Å². The van der Waals surface area contributed by atoms with Gasteiger partial charge >= 0.3 is 5.97 Å². The summed E-state index contributed by atoms with van der Waals surface area (Å²) < 4.78 is 12.3. The minimum absolute atomic E-state index is 0.0409. The first kappa shape index (κ1) is 18.2. The maximum absolute atomic E-state index is 13.3. The Labute approximate surface area is 160 Å². The molecule has 2 aromatic carbocycles. The Hall–Kier alpha value is -2.17. The molecule has 4 nitrogen and oxygen atoms in total. The fraction of sp³-hybridized carbons (Fsp3) is 0.435. The van der Waals surface area contributed by atoms with Gasteiger partial charge in [0, 0.05) is 6.54 Å². The van der Waals surface area contributed by atoms with Gasteiger partial charge in [0.15, 0.2) is 0 Å². The second-order valence-corrected chi connectivity index (χ2v) is 7.61. The van der Waals surface area contributed by atoms with Crippen LogP contribution in [0.4, 0.5) is 0 Å². The number of rotatable bonds is 4. The van der Waals surface area contributed by atoms with Crippen molar-refractivity contribution in [3.63, 3.8) is 0 Å². The monoisotopic (exact) mass is 365 g/mol. The Bertz CT molecular complexity index is 821. The lowest BCUT2D eigenvalue weighted by atomic mass is 9.55. The van der Waals surface area contributed by atoms with Crippen molar-refractivity contribution in [1.82, 2.24) is 5.32 Å². The second-order valence-electron chi connectivity index (χ2n) is 7.61. The van der Waals surface area contributed by atoms with Crippen LogP contribution >= 0.6 is 0 Å². The highest BCUT2D eigenvalue weighted by Crippen LogP contribution is 2.60. The van der Waals surface area contributed by atoms with Crippen LogP contribution in [0.15, 0.2) is 54.6 Å². The van der Waals surface area contributed by atoms with Crippen LogP contribution < -0.4 is 5.32 Å². The average Bonchev–Trinajstić information content (AvgIpc) is 2.73. The van der Waals surface area contributed by atoms with E-state index in [1.165, 1.54) is 12.7 Å². The molecule has 4 heteroatoms. The van der Waals surface area contributed by atoms with E-state index < -0.39 is 11.0 Å². The lowest BCUT2D eigenvalue weighted by molar-refractivity contribution is -0.214. The predicted molar refractivity (Wildman–Crippen MR) is 104 cm³/mol. The van der Waals surface area contributed by atoms with Gasteiger partial charge in [-0.2, -0.15) is 0 Å². The maximum atomic E-state index is 13.3. The van der Waals surface area contributed by atoms with Gasteiger partial charge in [-0.05, 0) is 49.4 Å². The van der Waals surface area contributed by atoms with Crippen molar-refractivity contribution in [2.45, 2.75) is 37.4 Å². The van der Waals surface area contributed by atoms with Gasteiger partial charge in [0.25, 0.3) is 0 Å². The summed E-state index contributed by atoms with van der Waals surface area (Å²) in [5, 5.41) is 3.24. The number of hydrogen-bond acceptors (Lipinski definition) is 4. The third-order valence-corrected chi connectivity index (χ3v) is 6.32. The molecule has 0 amide bonds. The Morgan fingerprint density at radius 1 is 1.15 bits per heavy atom. The van der Waals surface area contributed by atoms with E-state index in [0.717, 1.165) is 43.4 Å². The minimum atomic E-state index is -0.823. The largest absolute Gasteiger partial charge is 0.468 e. The number of esters is 1. The normalized spacial score (nSPS) is 29.5. The smallest absolute Gasteiger partial charge is 0.315 e. The number of carbonyl (C=O) groups is 1. The number of likely N-dealkylation sites (N-methyl/N-ethyl adjacent to an activating group) is 1. The molecular weight excluding hydrogens is 338 g/mol. The number of ether oxygens (including phenoxy) is 2. The standard InChI is InChI=1S/C23H27NO3/c1-24-16-19-13-15-22(21(25)26-2)14-12-17-8-6-7-11-20(17)23(22,27-19)18-9-4-3-5-10-18/h3-11,19,24H,12-16H2,1-2H3/t19-,22+,23+/m0/s1. The van der Waals surface area contributed by atoms with Crippen LogP contribution in [-0.4, -0.2) is 32.8 Å². The molecule has 0 bridgehead atoms. The fourth-order valence-corrected chi connectivity index (χ4v) is 5.14. The van der Waals surface area contributed by atoms with E-state index in [4.69, 9.17) is 9.47 Å². The quantitative estimate of drug-likeness (QED) is 0.844. The van der Waals surface area contributed by atoms with E-state index in [2.05, 4.69) is 35.6 Å². The second kappa shape index (κ2) is 7.10. The van der Waals surface area contributed by atoms with Crippen molar-refractivity contribution in [3.05, 3.63) is 71.3 Å². The van der Waals surface area contributed by atoms with Crippen molar-refractivity contribution in [1.29, 1.82) is 0 Å². The molecule has 142 valence electrons. The van der Waals surface area contributed by atoms with E-state index >= 15 is 0 Å². The van der Waals surface area contributed by atoms with Crippen molar-refractivity contribution in [2.75, 3.05) is 20.7 Å². The summed E-state index contributed by atoms with van der Waals surface area (Å²) in [6.45, 7) is 0.758. The molecule has 0 unspecified atom stereocenters. The summed E-state index contributed by atoms with van der Waals surface area (Å²) in [5.74, 6) is -0.163. The molecule has 0 aromatic heterocycles. The van der Waals surface area contributed by atoms with E-state index in [1.54, 1.807) is 0 Å². The first-order valence-electron chi connectivity index (χ1n) is 9.73. The summed E-state index contributed by atoms with van der Waals surface area (Å²) in [6, 6.07) is 18.6. The van der Waals surface area contributed by atoms with Crippen molar-refractivity contribution in [2.24, 2.45) is 5.41 Å². The van der Waals surface area contributed by atoms with Crippen LogP contribution in [0.3, 0.4) is 0 Å². The highest BCUT2D eigenvalue weighted by Gasteiger charge is 2.64. The number of hydrogen-bond donors (Lipinski definition) is 1. The van der Waals surface area contributed by atoms with Crippen LogP contribution in [0.2, 0.25) is 0 Å². The molecule has 0 saturated carbocycles. The van der Waals surface area contributed by atoms with E-state index in [0.29, 0.717) is 0 Å². The number of fused-ring (bicyclic) bond motifs is 3. The van der Waals surface area contributed by atoms with Crippen LogP contribution in [0.5, 0.6) is 0 Å². The van der Waals surface area contributed by atoms with E-state index in [9.17, 15) is 4.79 Å². The summed E-state index contributed by atoms with van der Waals surface area (Å²) >= 11 is 0. The first-order valence-corrected chi connectivity index (χ1v) is 9.73. The lowest BCUT2D eigenvalue weighted by Gasteiger charge is -2.56. The maximum Gasteiger partial charge on any atom is 0.315 e. The van der Waals surface area contributed by atoms with Crippen molar-refractivity contribution >= 4 is 5.97 Å². The summed E-state index contributed by atoms with van der Waals surface area (Å²) in [5.41, 5.74) is 1.86. The fourth-order valence-electron chi connectivity index (χ4n) is 5.14. The number of carbonyl (C=O) groups excluding carboxylic acids is 1.